The van der Waals surface area contributed by atoms with Crippen molar-refractivity contribution in [2.45, 2.75) is 13.8 Å². The van der Waals surface area contributed by atoms with Crippen LogP contribution < -0.4 is 4.74 Å². The summed E-state index contributed by atoms with van der Waals surface area (Å²) in [5, 5.41) is 0. The highest BCUT2D eigenvalue weighted by Crippen LogP contribution is 2.18. The molecule has 0 aliphatic carbocycles. The molecule has 0 N–H and O–H groups in total. The summed E-state index contributed by atoms with van der Waals surface area (Å²) in [6.07, 6.45) is 0. The third kappa shape index (κ3) is 3.09. The van der Waals surface area contributed by atoms with Gasteiger partial charge in [-0.1, -0.05) is 12.1 Å². The van der Waals surface area contributed by atoms with Gasteiger partial charge < -0.3 is 9.47 Å². The summed E-state index contributed by atoms with van der Waals surface area (Å²) in [5.74, 6) is -0.732. The number of para-hydroxylation sites is 1. The molecule has 0 unspecified atom stereocenters. The monoisotopic (exact) mass is 208 g/mol. The van der Waals surface area contributed by atoms with Crippen LogP contribution in [-0.2, 0) is 9.53 Å². The van der Waals surface area contributed by atoms with Crippen molar-refractivity contribution in [1.29, 1.82) is 0 Å². The number of hydrogen-bond donors (Lipinski definition) is 0. The maximum absolute atomic E-state index is 11.4. The quantitative estimate of drug-likeness (QED) is 0.561. The molecule has 1 aromatic rings. The van der Waals surface area contributed by atoms with E-state index in [1.807, 2.05) is 0 Å². The Hall–Kier alpha value is -1.84. The fraction of sp³-hybridized carbons (Fsp3) is 0.273. The van der Waals surface area contributed by atoms with Gasteiger partial charge in [-0.2, -0.15) is 0 Å². The van der Waals surface area contributed by atoms with Gasteiger partial charge in [0.1, 0.15) is 11.3 Å². The molecule has 0 amide bonds. The van der Waals surface area contributed by atoms with E-state index in [0.29, 0.717) is 0 Å². The number of rotatable bonds is 3. The molecule has 0 heterocycles. The van der Waals surface area contributed by atoms with Crippen molar-refractivity contribution in [3.63, 3.8) is 0 Å². The van der Waals surface area contributed by atoms with Crippen molar-refractivity contribution in [3.05, 3.63) is 29.8 Å². The second-order valence-electron chi connectivity index (χ2n) is 2.81. The fourth-order valence-electron chi connectivity index (χ4n) is 1.09. The Kier molecular flexibility index (Phi) is 3.85. The van der Waals surface area contributed by atoms with Crippen LogP contribution in [0, 0.1) is 0 Å². The summed E-state index contributed by atoms with van der Waals surface area (Å²) in [4.78, 5) is 22.2. The van der Waals surface area contributed by atoms with Crippen LogP contribution >= 0.6 is 0 Å². The van der Waals surface area contributed by atoms with Gasteiger partial charge >= 0.3 is 11.9 Å². The van der Waals surface area contributed by atoms with Gasteiger partial charge in [0.05, 0.1) is 6.61 Å². The molecule has 1 rings (SSSR count). The fourth-order valence-corrected chi connectivity index (χ4v) is 1.09. The number of carbonyl (C=O) groups excluding carboxylic acids is 2. The lowest BCUT2D eigenvalue weighted by Crippen LogP contribution is -2.10. The summed E-state index contributed by atoms with van der Waals surface area (Å²) in [5.41, 5.74) is 0.259. The minimum Gasteiger partial charge on any atom is -0.462 e. The topological polar surface area (TPSA) is 52.6 Å². The minimum atomic E-state index is -0.491. The summed E-state index contributed by atoms with van der Waals surface area (Å²) in [6.45, 7) is 3.28. The Balaban J connectivity index is 2.95. The highest BCUT2D eigenvalue weighted by atomic mass is 16.5. The zero-order valence-corrected chi connectivity index (χ0v) is 8.65. The van der Waals surface area contributed by atoms with E-state index in [1.54, 1.807) is 31.2 Å². The van der Waals surface area contributed by atoms with Crippen LogP contribution in [0.1, 0.15) is 24.2 Å². The highest BCUT2D eigenvalue weighted by Gasteiger charge is 2.13. The van der Waals surface area contributed by atoms with E-state index in [-0.39, 0.29) is 17.9 Å². The van der Waals surface area contributed by atoms with Crippen molar-refractivity contribution in [1.82, 2.24) is 0 Å². The molecule has 0 radical (unpaired) electrons. The molecule has 0 aliphatic heterocycles. The number of benzene rings is 1. The van der Waals surface area contributed by atoms with Gasteiger partial charge in [-0.3, -0.25) is 4.79 Å². The van der Waals surface area contributed by atoms with Gasteiger partial charge in [0, 0.05) is 6.92 Å². The van der Waals surface area contributed by atoms with E-state index >= 15 is 0 Å². The van der Waals surface area contributed by atoms with Crippen molar-refractivity contribution in [2.24, 2.45) is 0 Å². The number of ether oxygens (including phenoxy) is 2. The largest absolute Gasteiger partial charge is 0.462 e. The van der Waals surface area contributed by atoms with E-state index in [4.69, 9.17) is 9.47 Å². The van der Waals surface area contributed by atoms with E-state index in [2.05, 4.69) is 0 Å². The first-order chi connectivity index (χ1) is 7.15. The summed E-state index contributed by atoms with van der Waals surface area (Å²) in [7, 11) is 0. The maximum atomic E-state index is 11.4. The lowest BCUT2D eigenvalue weighted by atomic mass is 10.2. The normalized spacial score (nSPS) is 9.47. The number of hydrogen-bond acceptors (Lipinski definition) is 4. The Labute approximate surface area is 87.8 Å². The van der Waals surface area contributed by atoms with Crippen molar-refractivity contribution in [2.75, 3.05) is 6.61 Å². The molecule has 0 spiro atoms. The van der Waals surface area contributed by atoms with Crippen molar-refractivity contribution in [3.8, 4) is 5.75 Å². The third-order valence-electron chi connectivity index (χ3n) is 1.64. The van der Waals surface area contributed by atoms with Gasteiger partial charge in [-0.25, -0.2) is 4.79 Å². The predicted octanol–water partition coefficient (Wildman–Crippen LogP) is 1.79. The SMILES string of the molecule is CCOC(=O)c1ccccc1OC(C)=O. The lowest BCUT2D eigenvalue weighted by molar-refractivity contribution is -0.131. The molecule has 4 nitrogen and oxygen atoms in total. The molecule has 0 fully saturated rings. The van der Waals surface area contributed by atoms with Gasteiger partial charge in [0.2, 0.25) is 0 Å². The van der Waals surface area contributed by atoms with Gasteiger partial charge in [0.25, 0.3) is 0 Å². The predicted molar refractivity (Wildman–Crippen MR) is 53.7 cm³/mol. The van der Waals surface area contributed by atoms with Gasteiger partial charge in [0.15, 0.2) is 0 Å². The van der Waals surface area contributed by atoms with Gasteiger partial charge in [-0.15, -0.1) is 0 Å². The molecule has 0 atom stereocenters. The minimum absolute atomic E-state index is 0.225. The standard InChI is InChI=1S/C11H12O4/c1-3-14-11(13)9-6-4-5-7-10(9)15-8(2)12/h4-7H,3H2,1-2H3. The Morgan fingerprint density at radius 1 is 1.27 bits per heavy atom. The summed E-state index contributed by atoms with van der Waals surface area (Å²) in [6, 6.07) is 6.46. The molecule has 1 aromatic carbocycles. The molecule has 15 heavy (non-hydrogen) atoms. The molecular formula is C11H12O4. The van der Waals surface area contributed by atoms with E-state index in [1.165, 1.54) is 6.92 Å². The first-order valence-electron chi connectivity index (χ1n) is 4.59. The van der Waals surface area contributed by atoms with Crippen LogP contribution in [-0.4, -0.2) is 18.5 Å². The average molecular weight is 208 g/mol. The zero-order valence-electron chi connectivity index (χ0n) is 8.65. The molecule has 0 aromatic heterocycles. The number of carbonyl (C=O) groups is 2. The lowest BCUT2D eigenvalue weighted by Gasteiger charge is -2.07. The second kappa shape index (κ2) is 5.14. The van der Waals surface area contributed by atoms with Crippen LogP contribution in [0.3, 0.4) is 0 Å². The van der Waals surface area contributed by atoms with Gasteiger partial charge in [-0.05, 0) is 19.1 Å². The molecule has 0 aliphatic rings. The number of esters is 2. The van der Waals surface area contributed by atoms with Crippen LogP contribution in [0.5, 0.6) is 5.75 Å². The Morgan fingerprint density at radius 3 is 2.53 bits per heavy atom. The van der Waals surface area contributed by atoms with Crippen LogP contribution in [0.25, 0.3) is 0 Å². The highest BCUT2D eigenvalue weighted by molar-refractivity contribution is 5.93. The smallest absolute Gasteiger partial charge is 0.341 e. The molecule has 4 heteroatoms. The summed E-state index contributed by atoms with van der Waals surface area (Å²) < 4.78 is 9.69. The maximum Gasteiger partial charge on any atom is 0.341 e. The van der Waals surface area contributed by atoms with E-state index in [0.717, 1.165) is 0 Å². The first kappa shape index (κ1) is 11.2. The zero-order chi connectivity index (χ0) is 11.3. The third-order valence-corrected chi connectivity index (χ3v) is 1.64. The molecule has 0 saturated carbocycles. The first-order valence-corrected chi connectivity index (χ1v) is 4.59. The molecule has 0 bridgehead atoms. The van der Waals surface area contributed by atoms with E-state index in [9.17, 15) is 9.59 Å². The van der Waals surface area contributed by atoms with Crippen LogP contribution in [0.15, 0.2) is 24.3 Å². The van der Waals surface area contributed by atoms with Crippen molar-refractivity contribution < 1.29 is 19.1 Å². The van der Waals surface area contributed by atoms with Crippen LogP contribution in [0.4, 0.5) is 0 Å². The second-order valence-corrected chi connectivity index (χ2v) is 2.81. The van der Waals surface area contributed by atoms with Crippen LogP contribution in [0.2, 0.25) is 0 Å². The average Bonchev–Trinajstić information content (AvgIpc) is 2.18. The van der Waals surface area contributed by atoms with Crippen molar-refractivity contribution >= 4 is 11.9 Å². The molecule has 80 valence electrons. The van der Waals surface area contributed by atoms with E-state index < -0.39 is 11.9 Å². The summed E-state index contributed by atoms with van der Waals surface area (Å²) >= 11 is 0. The molecule has 0 saturated heterocycles. The Bertz CT molecular complexity index is 371. The Morgan fingerprint density at radius 2 is 1.93 bits per heavy atom. The molecular weight excluding hydrogens is 196 g/mol.